The monoisotopic (exact) mass is 345 g/mol. The van der Waals surface area contributed by atoms with E-state index in [-0.39, 0.29) is 17.7 Å². The van der Waals surface area contributed by atoms with Gasteiger partial charge in [-0.1, -0.05) is 30.4 Å². The summed E-state index contributed by atoms with van der Waals surface area (Å²) in [6, 6.07) is 16.7. The van der Waals surface area contributed by atoms with Gasteiger partial charge >= 0.3 is 0 Å². The van der Waals surface area contributed by atoms with Crippen LogP contribution < -0.4 is 9.64 Å². The Morgan fingerprint density at radius 2 is 1.65 bits per heavy atom. The van der Waals surface area contributed by atoms with Crippen molar-refractivity contribution in [2.75, 3.05) is 4.90 Å². The Labute approximate surface area is 152 Å². The number of carbonyl (C=O) groups excluding carboxylic acids is 2. The minimum atomic E-state index is -0.504. The highest BCUT2D eigenvalue weighted by Gasteiger charge is 2.60. The van der Waals surface area contributed by atoms with Crippen molar-refractivity contribution >= 4 is 17.5 Å². The fourth-order valence-corrected chi connectivity index (χ4v) is 4.71. The molecule has 4 heteroatoms. The van der Waals surface area contributed by atoms with E-state index in [2.05, 4.69) is 12.2 Å². The summed E-state index contributed by atoms with van der Waals surface area (Å²) in [5, 5.41) is 0. The summed E-state index contributed by atoms with van der Waals surface area (Å²) < 4.78 is 5.79. The Bertz CT molecular complexity index is 903. The van der Waals surface area contributed by atoms with Gasteiger partial charge in [0.25, 0.3) is 0 Å². The molecule has 0 aromatic heterocycles. The molecule has 1 aliphatic heterocycles. The first kappa shape index (κ1) is 15.4. The molecule has 2 aromatic carbocycles. The fraction of sp³-hybridized carbons (Fsp3) is 0.273. The maximum atomic E-state index is 13.1. The lowest BCUT2D eigenvalue weighted by molar-refractivity contribution is -0.126. The minimum Gasteiger partial charge on any atom is -0.457 e. The van der Waals surface area contributed by atoms with Crippen molar-refractivity contribution in [3.05, 3.63) is 66.7 Å². The molecule has 26 heavy (non-hydrogen) atoms. The Hall–Kier alpha value is -2.88. The maximum Gasteiger partial charge on any atom is 0.241 e. The molecule has 2 bridgehead atoms. The molecule has 130 valence electrons. The number of hydrogen-bond acceptors (Lipinski definition) is 3. The smallest absolute Gasteiger partial charge is 0.241 e. The van der Waals surface area contributed by atoms with Gasteiger partial charge < -0.3 is 4.74 Å². The summed E-state index contributed by atoms with van der Waals surface area (Å²) in [5.74, 6) is 1.98. The molecule has 2 aliphatic carbocycles. The third-order valence-electron chi connectivity index (χ3n) is 5.93. The molecular formula is C22H19NO3. The van der Waals surface area contributed by atoms with E-state index in [0.717, 1.165) is 18.6 Å². The van der Waals surface area contributed by atoms with Gasteiger partial charge in [-0.3, -0.25) is 14.5 Å². The molecule has 3 atom stereocenters. The molecule has 4 nitrogen and oxygen atoms in total. The Morgan fingerprint density at radius 1 is 0.923 bits per heavy atom. The summed E-state index contributed by atoms with van der Waals surface area (Å²) in [6.45, 7) is 0. The van der Waals surface area contributed by atoms with E-state index in [1.807, 2.05) is 30.3 Å². The number of para-hydroxylation sites is 1. The van der Waals surface area contributed by atoms with Crippen molar-refractivity contribution < 1.29 is 14.3 Å². The predicted molar refractivity (Wildman–Crippen MR) is 97.9 cm³/mol. The normalized spacial score (nSPS) is 29.2. The summed E-state index contributed by atoms with van der Waals surface area (Å²) in [4.78, 5) is 27.2. The van der Waals surface area contributed by atoms with Crippen LogP contribution in [-0.4, -0.2) is 11.8 Å². The highest BCUT2D eigenvalue weighted by Crippen LogP contribution is 2.57. The number of allylic oxidation sites excluding steroid dienone is 2. The van der Waals surface area contributed by atoms with E-state index in [0.29, 0.717) is 23.8 Å². The van der Waals surface area contributed by atoms with Crippen LogP contribution in [0.25, 0.3) is 0 Å². The van der Waals surface area contributed by atoms with Gasteiger partial charge in [-0.2, -0.15) is 0 Å². The van der Waals surface area contributed by atoms with Crippen LogP contribution in [0.1, 0.15) is 19.3 Å². The Kier molecular flexibility index (Phi) is 3.29. The van der Waals surface area contributed by atoms with Gasteiger partial charge in [0.2, 0.25) is 11.8 Å². The van der Waals surface area contributed by atoms with E-state index >= 15 is 0 Å². The van der Waals surface area contributed by atoms with Crippen LogP contribution >= 0.6 is 0 Å². The van der Waals surface area contributed by atoms with E-state index in [9.17, 15) is 9.59 Å². The van der Waals surface area contributed by atoms with Gasteiger partial charge in [-0.05, 0) is 61.1 Å². The number of ether oxygens (including phenoxy) is 1. The second-order valence-electron chi connectivity index (χ2n) is 7.47. The third-order valence-corrected chi connectivity index (χ3v) is 5.93. The molecule has 3 unspecified atom stereocenters. The highest BCUT2D eigenvalue weighted by molar-refractivity contribution is 6.23. The molecule has 5 rings (SSSR count). The number of nitrogens with zero attached hydrogens (tertiary/aromatic N) is 1. The van der Waals surface area contributed by atoms with Crippen LogP contribution in [0.2, 0.25) is 0 Å². The molecule has 2 aromatic rings. The molecular weight excluding hydrogens is 326 g/mol. The third kappa shape index (κ3) is 2.22. The van der Waals surface area contributed by atoms with Crippen molar-refractivity contribution in [3.63, 3.8) is 0 Å². The molecule has 3 aliphatic rings. The van der Waals surface area contributed by atoms with E-state index in [1.54, 1.807) is 24.3 Å². The number of rotatable bonds is 3. The molecule has 1 saturated heterocycles. The Morgan fingerprint density at radius 3 is 2.31 bits per heavy atom. The second-order valence-corrected chi connectivity index (χ2v) is 7.47. The average molecular weight is 345 g/mol. The molecule has 0 N–H and O–H groups in total. The lowest BCUT2D eigenvalue weighted by Crippen LogP contribution is -2.38. The quantitative estimate of drug-likeness (QED) is 0.615. The molecule has 1 saturated carbocycles. The molecule has 1 spiro atoms. The van der Waals surface area contributed by atoms with Crippen LogP contribution in [0.15, 0.2) is 66.7 Å². The van der Waals surface area contributed by atoms with E-state index in [4.69, 9.17) is 4.74 Å². The number of hydrogen-bond donors (Lipinski definition) is 0. The van der Waals surface area contributed by atoms with Crippen LogP contribution in [0.5, 0.6) is 11.5 Å². The summed E-state index contributed by atoms with van der Waals surface area (Å²) in [7, 11) is 0. The molecule has 2 fully saturated rings. The first-order chi connectivity index (χ1) is 12.7. The summed E-state index contributed by atoms with van der Waals surface area (Å²) in [5.41, 5.74) is 0.124. The average Bonchev–Trinajstić information content (AvgIpc) is 3.31. The van der Waals surface area contributed by atoms with Crippen LogP contribution in [0.3, 0.4) is 0 Å². The number of anilines is 1. The van der Waals surface area contributed by atoms with Crippen LogP contribution in [-0.2, 0) is 9.59 Å². The van der Waals surface area contributed by atoms with Crippen molar-refractivity contribution in [2.45, 2.75) is 19.3 Å². The Balaban J connectivity index is 1.39. The van der Waals surface area contributed by atoms with Gasteiger partial charge in [0.15, 0.2) is 0 Å². The number of carbonyl (C=O) groups is 2. The summed E-state index contributed by atoms with van der Waals surface area (Å²) in [6.07, 6.45) is 6.49. The fourth-order valence-electron chi connectivity index (χ4n) is 4.71. The van der Waals surface area contributed by atoms with E-state index in [1.165, 1.54) is 4.90 Å². The lowest BCUT2D eigenvalue weighted by atomic mass is 9.74. The number of benzene rings is 2. The van der Waals surface area contributed by atoms with Gasteiger partial charge in [0.05, 0.1) is 11.1 Å². The molecule has 1 heterocycles. The minimum absolute atomic E-state index is 0.0314. The topological polar surface area (TPSA) is 46.6 Å². The number of fused-ring (bicyclic) bond motifs is 3. The zero-order valence-electron chi connectivity index (χ0n) is 14.3. The van der Waals surface area contributed by atoms with Crippen LogP contribution in [0.4, 0.5) is 5.69 Å². The predicted octanol–water partition coefficient (Wildman–Crippen LogP) is 4.32. The van der Waals surface area contributed by atoms with Gasteiger partial charge in [-0.15, -0.1) is 0 Å². The van der Waals surface area contributed by atoms with Gasteiger partial charge in [0, 0.05) is 6.42 Å². The lowest BCUT2D eigenvalue weighted by Gasteiger charge is -2.28. The van der Waals surface area contributed by atoms with Crippen molar-refractivity contribution in [1.29, 1.82) is 0 Å². The molecule has 2 amide bonds. The first-order valence-corrected chi connectivity index (χ1v) is 9.04. The first-order valence-electron chi connectivity index (χ1n) is 9.04. The van der Waals surface area contributed by atoms with Gasteiger partial charge in [-0.25, -0.2) is 0 Å². The van der Waals surface area contributed by atoms with Crippen molar-refractivity contribution in [3.8, 4) is 11.5 Å². The number of imide groups is 1. The zero-order chi connectivity index (χ0) is 17.7. The second kappa shape index (κ2) is 5.56. The standard InChI is InChI=1S/C22H19NO3/c24-20-14-22(13-15-6-7-16(22)12-15)21(25)23(20)17-8-10-19(11-9-17)26-18-4-2-1-3-5-18/h1-11,15-16H,12-14H2. The van der Waals surface area contributed by atoms with Gasteiger partial charge in [0.1, 0.15) is 11.5 Å². The largest absolute Gasteiger partial charge is 0.457 e. The van der Waals surface area contributed by atoms with Crippen molar-refractivity contribution in [1.82, 2.24) is 0 Å². The van der Waals surface area contributed by atoms with E-state index < -0.39 is 5.41 Å². The highest BCUT2D eigenvalue weighted by atomic mass is 16.5. The maximum absolute atomic E-state index is 13.1. The van der Waals surface area contributed by atoms with Crippen molar-refractivity contribution in [2.24, 2.45) is 17.3 Å². The van der Waals surface area contributed by atoms with Crippen LogP contribution in [0, 0.1) is 17.3 Å². The zero-order valence-corrected chi connectivity index (χ0v) is 14.3. The summed E-state index contributed by atoms with van der Waals surface area (Å²) >= 11 is 0. The number of amides is 2. The molecule has 0 radical (unpaired) electrons. The SMILES string of the molecule is O=C1CC2(CC3C=CC2C3)C(=O)N1c1ccc(Oc2ccccc2)cc1.